The number of aryl methyl sites for hydroxylation is 1. The Hall–Kier alpha value is -2.66. The Morgan fingerprint density at radius 2 is 2.08 bits per heavy atom. The number of amides is 1. The van der Waals surface area contributed by atoms with Gasteiger partial charge in [0.2, 0.25) is 5.91 Å². The van der Waals surface area contributed by atoms with Crippen molar-refractivity contribution in [2.24, 2.45) is 0 Å². The molecule has 0 spiro atoms. The number of pyridine rings is 1. The molecule has 3 rings (SSSR count). The quantitative estimate of drug-likeness (QED) is 0.667. The van der Waals surface area contributed by atoms with Gasteiger partial charge in [0.25, 0.3) is 0 Å². The number of ether oxygens (including phenoxy) is 1. The highest BCUT2D eigenvalue weighted by Gasteiger charge is 2.04. The second kappa shape index (κ2) is 8.99. The lowest BCUT2D eigenvalue weighted by atomic mass is 10.2. The summed E-state index contributed by atoms with van der Waals surface area (Å²) in [6.45, 7) is 0.931. The number of thiophene rings is 1. The third kappa shape index (κ3) is 5.72. The van der Waals surface area contributed by atoms with Gasteiger partial charge in [0.15, 0.2) is 0 Å². The van der Waals surface area contributed by atoms with E-state index in [2.05, 4.69) is 21.7 Å². The molecule has 0 saturated carbocycles. The van der Waals surface area contributed by atoms with Gasteiger partial charge in [-0.2, -0.15) is 11.3 Å². The van der Waals surface area contributed by atoms with E-state index in [1.165, 1.54) is 5.56 Å². The van der Waals surface area contributed by atoms with Crippen molar-refractivity contribution in [2.45, 2.75) is 26.0 Å². The van der Waals surface area contributed by atoms with E-state index in [9.17, 15) is 4.79 Å². The van der Waals surface area contributed by atoms with E-state index in [0.29, 0.717) is 19.6 Å². The maximum atomic E-state index is 12.0. The van der Waals surface area contributed by atoms with Crippen LogP contribution in [0.2, 0.25) is 0 Å². The molecule has 1 amide bonds. The molecule has 1 aromatic carbocycles. The molecule has 128 valence electrons. The van der Waals surface area contributed by atoms with E-state index >= 15 is 0 Å². The molecule has 25 heavy (non-hydrogen) atoms. The van der Waals surface area contributed by atoms with Crippen LogP contribution in [0.4, 0.5) is 0 Å². The first-order valence-corrected chi connectivity index (χ1v) is 9.13. The predicted molar refractivity (Wildman–Crippen MR) is 99.5 cm³/mol. The van der Waals surface area contributed by atoms with Crippen molar-refractivity contribution >= 4 is 17.2 Å². The maximum Gasteiger partial charge on any atom is 0.220 e. The van der Waals surface area contributed by atoms with Crippen LogP contribution < -0.4 is 10.1 Å². The van der Waals surface area contributed by atoms with Crippen LogP contribution in [0.3, 0.4) is 0 Å². The average molecular weight is 352 g/mol. The molecule has 0 saturated heterocycles. The Morgan fingerprint density at radius 3 is 2.88 bits per heavy atom. The number of hydrogen-bond acceptors (Lipinski definition) is 4. The highest BCUT2D eigenvalue weighted by atomic mass is 32.1. The molecule has 0 aliphatic heterocycles. The van der Waals surface area contributed by atoms with Crippen LogP contribution in [0.15, 0.2) is 65.5 Å². The van der Waals surface area contributed by atoms with Crippen molar-refractivity contribution in [2.75, 3.05) is 0 Å². The molecule has 0 atom stereocenters. The standard InChI is InChI=1S/C20H20N2O2S/c23-20(8-7-16-9-11-25-15-16)22-13-17-4-3-6-19(12-17)24-14-18-5-1-2-10-21-18/h1-6,9-12,15H,7-8,13-14H2,(H,22,23). The summed E-state index contributed by atoms with van der Waals surface area (Å²) in [5, 5.41) is 7.07. The van der Waals surface area contributed by atoms with E-state index in [1.54, 1.807) is 17.5 Å². The van der Waals surface area contributed by atoms with Crippen LogP contribution in [-0.2, 0) is 24.4 Å². The topological polar surface area (TPSA) is 51.2 Å². The minimum atomic E-state index is 0.0611. The van der Waals surface area contributed by atoms with Crippen LogP contribution in [0.25, 0.3) is 0 Å². The molecule has 1 N–H and O–H groups in total. The van der Waals surface area contributed by atoms with Crippen molar-refractivity contribution in [1.82, 2.24) is 10.3 Å². The fraction of sp³-hybridized carbons (Fsp3) is 0.200. The van der Waals surface area contributed by atoms with E-state index in [0.717, 1.165) is 23.4 Å². The number of hydrogen-bond donors (Lipinski definition) is 1. The number of nitrogens with one attached hydrogen (secondary N) is 1. The van der Waals surface area contributed by atoms with Gasteiger partial charge in [-0.15, -0.1) is 0 Å². The first-order valence-electron chi connectivity index (χ1n) is 8.19. The lowest BCUT2D eigenvalue weighted by Gasteiger charge is -2.09. The van der Waals surface area contributed by atoms with Crippen molar-refractivity contribution in [1.29, 1.82) is 0 Å². The molecular weight excluding hydrogens is 332 g/mol. The van der Waals surface area contributed by atoms with E-state index in [4.69, 9.17) is 4.74 Å². The van der Waals surface area contributed by atoms with Crippen molar-refractivity contribution in [3.8, 4) is 5.75 Å². The third-order valence-corrected chi connectivity index (χ3v) is 4.45. The van der Waals surface area contributed by atoms with Gasteiger partial charge in [-0.05, 0) is 58.6 Å². The molecular formula is C20H20N2O2S. The zero-order chi connectivity index (χ0) is 17.3. The molecule has 0 aliphatic rings. The Labute approximate surface area is 151 Å². The number of benzene rings is 1. The van der Waals surface area contributed by atoms with Crippen LogP contribution in [-0.4, -0.2) is 10.9 Å². The normalized spacial score (nSPS) is 10.4. The number of carbonyl (C=O) groups excluding carboxylic acids is 1. The number of nitrogens with zero attached hydrogens (tertiary/aromatic N) is 1. The van der Waals surface area contributed by atoms with E-state index in [1.807, 2.05) is 47.8 Å². The number of aromatic nitrogens is 1. The first-order chi connectivity index (χ1) is 12.3. The summed E-state index contributed by atoms with van der Waals surface area (Å²) in [6.07, 6.45) is 3.04. The second-order valence-electron chi connectivity index (χ2n) is 5.67. The predicted octanol–water partition coefficient (Wildman–Crippen LogP) is 3.97. The number of carbonyl (C=O) groups is 1. The molecule has 5 heteroatoms. The minimum Gasteiger partial charge on any atom is -0.487 e. The molecule has 2 aromatic heterocycles. The Morgan fingerprint density at radius 1 is 1.12 bits per heavy atom. The summed E-state index contributed by atoms with van der Waals surface area (Å²) in [5.74, 6) is 0.835. The van der Waals surface area contributed by atoms with Crippen molar-refractivity contribution in [3.63, 3.8) is 0 Å². The largest absolute Gasteiger partial charge is 0.487 e. The van der Waals surface area contributed by atoms with Crippen LogP contribution in [0.5, 0.6) is 5.75 Å². The van der Waals surface area contributed by atoms with Crippen LogP contribution >= 0.6 is 11.3 Å². The summed E-state index contributed by atoms with van der Waals surface area (Å²) in [6, 6.07) is 15.6. The third-order valence-electron chi connectivity index (χ3n) is 3.72. The molecule has 0 aliphatic carbocycles. The van der Waals surface area contributed by atoms with Gasteiger partial charge in [0.05, 0.1) is 5.69 Å². The van der Waals surface area contributed by atoms with Crippen LogP contribution in [0.1, 0.15) is 23.2 Å². The smallest absolute Gasteiger partial charge is 0.220 e. The zero-order valence-corrected chi connectivity index (χ0v) is 14.7. The first kappa shape index (κ1) is 17.2. The van der Waals surface area contributed by atoms with Crippen molar-refractivity contribution < 1.29 is 9.53 Å². The van der Waals surface area contributed by atoms with Gasteiger partial charge in [-0.1, -0.05) is 18.2 Å². The molecule has 0 radical (unpaired) electrons. The SMILES string of the molecule is O=C(CCc1ccsc1)NCc1cccc(OCc2ccccn2)c1. The monoisotopic (exact) mass is 352 g/mol. The average Bonchev–Trinajstić information content (AvgIpc) is 3.18. The van der Waals surface area contributed by atoms with Gasteiger partial charge >= 0.3 is 0 Å². The number of rotatable bonds is 8. The zero-order valence-electron chi connectivity index (χ0n) is 13.9. The summed E-state index contributed by atoms with van der Waals surface area (Å²) in [5.41, 5.74) is 3.11. The van der Waals surface area contributed by atoms with E-state index in [-0.39, 0.29) is 5.91 Å². The molecule has 2 heterocycles. The Kier molecular flexibility index (Phi) is 6.17. The van der Waals surface area contributed by atoms with Gasteiger partial charge in [-0.3, -0.25) is 9.78 Å². The van der Waals surface area contributed by atoms with Gasteiger partial charge in [-0.25, -0.2) is 0 Å². The maximum absolute atomic E-state index is 12.0. The van der Waals surface area contributed by atoms with Gasteiger partial charge < -0.3 is 10.1 Å². The fourth-order valence-electron chi connectivity index (χ4n) is 2.37. The molecule has 4 nitrogen and oxygen atoms in total. The van der Waals surface area contributed by atoms with E-state index < -0.39 is 0 Å². The fourth-order valence-corrected chi connectivity index (χ4v) is 3.07. The minimum absolute atomic E-state index is 0.0611. The summed E-state index contributed by atoms with van der Waals surface area (Å²) < 4.78 is 5.76. The Bertz CT molecular complexity index is 788. The molecule has 3 aromatic rings. The summed E-state index contributed by atoms with van der Waals surface area (Å²) in [7, 11) is 0. The van der Waals surface area contributed by atoms with Crippen LogP contribution in [0, 0.1) is 0 Å². The van der Waals surface area contributed by atoms with Gasteiger partial charge in [0, 0.05) is 19.2 Å². The highest BCUT2D eigenvalue weighted by molar-refractivity contribution is 7.07. The second-order valence-corrected chi connectivity index (χ2v) is 6.45. The lowest BCUT2D eigenvalue weighted by Crippen LogP contribution is -2.22. The highest BCUT2D eigenvalue weighted by Crippen LogP contribution is 2.15. The lowest BCUT2D eigenvalue weighted by molar-refractivity contribution is -0.121. The molecule has 0 unspecified atom stereocenters. The molecule has 0 bridgehead atoms. The summed E-state index contributed by atoms with van der Waals surface area (Å²) >= 11 is 1.66. The Balaban J connectivity index is 1.45. The summed E-state index contributed by atoms with van der Waals surface area (Å²) in [4.78, 5) is 16.2. The van der Waals surface area contributed by atoms with Gasteiger partial charge in [0.1, 0.15) is 12.4 Å². The molecule has 0 fully saturated rings. The van der Waals surface area contributed by atoms with Crippen molar-refractivity contribution in [3.05, 3.63) is 82.3 Å².